The fourth-order valence-electron chi connectivity index (χ4n) is 0.987. The number of para-hydroxylation sites is 1. The van der Waals surface area contributed by atoms with Gasteiger partial charge in [-0.25, -0.2) is 5.01 Å². The van der Waals surface area contributed by atoms with E-state index in [9.17, 15) is 9.59 Å². The summed E-state index contributed by atoms with van der Waals surface area (Å²) >= 11 is 4.60. The molecule has 0 bridgehead atoms. The molecule has 1 aromatic carbocycles. The number of hydrogen-bond acceptors (Lipinski definition) is 3. The van der Waals surface area contributed by atoms with Gasteiger partial charge in [-0.2, -0.15) is 0 Å². The molecule has 5 nitrogen and oxygen atoms in total. The lowest BCUT2D eigenvalue weighted by Crippen LogP contribution is -2.49. The Kier molecular flexibility index (Phi) is 3.75. The van der Waals surface area contributed by atoms with E-state index in [1.165, 1.54) is 0 Å². The first-order chi connectivity index (χ1) is 7.15. The van der Waals surface area contributed by atoms with Crippen LogP contribution in [0.1, 0.15) is 0 Å². The molecule has 1 rings (SSSR count). The monoisotopic (exact) mass is 223 g/mol. The Morgan fingerprint density at radius 1 is 1.40 bits per heavy atom. The maximum Gasteiger partial charge on any atom is 0.309 e. The first-order valence-corrected chi connectivity index (χ1v) is 4.46. The summed E-state index contributed by atoms with van der Waals surface area (Å²) in [5.41, 5.74) is 8.13. The molecule has 0 aliphatic rings. The fourth-order valence-corrected chi connectivity index (χ4v) is 1.08. The smallest absolute Gasteiger partial charge is 0.309 e. The largest absolute Gasteiger partial charge is 0.375 e. The zero-order valence-electron chi connectivity index (χ0n) is 7.71. The topological polar surface area (TPSA) is 75.4 Å². The summed E-state index contributed by atoms with van der Waals surface area (Å²) in [7, 11) is 0. The van der Waals surface area contributed by atoms with Crippen molar-refractivity contribution in [3.63, 3.8) is 0 Å². The maximum absolute atomic E-state index is 11.2. The van der Waals surface area contributed by atoms with Gasteiger partial charge in [-0.15, -0.1) is 0 Å². The maximum atomic E-state index is 11.2. The van der Waals surface area contributed by atoms with Crippen LogP contribution in [-0.2, 0) is 9.59 Å². The molecular formula is C9H9N3O2S. The highest BCUT2D eigenvalue weighted by Gasteiger charge is 2.14. The van der Waals surface area contributed by atoms with Crippen LogP contribution in [0.3, 0.4) is 0 Å². The van der Waals surface area contributed by atoms with Crippen molar-refractivity contribution in [1.82, 2.24) is 5.43 Å². The predicted molar refractivity (Wildman–Crippen MR) is 59.9 cm³/mol. The van der Waals surface area contributed by atoms with E-state index in [0.717, 1.165) is 5.01 Å². The Morgan fingerprint density at radius 3 is 2.47 bits per heavy atom. The van der Waals surface area contributed by atoms with Crippen LogP contribution < -0.4 is 16.2 Å². The third-order valence-electron chi connectivity index (χ3n) is 1.56. The van der Waals surface area contributed by atoms with Crippen LogP contribution >= 0.6 is 12.2 Å². The summed E-state index contributed by atoms with van der Waals surface area (Å²) in [6.07, 6.45) is 0.179. The van der Waals surface area contributed by atoms with Gasteiger partial charge in [0.1, 0.15) is 0 Å². The molecule has 0 fully saturated rings. The standard InChI is InChI=1S/C9H9N3O2S/c10-9(15)11-12(8(14)6-13)7-4-2-1-3-5-7/h1-6H,(H3,10,11,15). The van der Waals surface area contributed by atoms with Gasteiger partial charge in [0, 0.05) is 0 Å². The molecule has 0 saturated carbocycles. The Labute approximate surface area is 91.8 Å². The van der Waals surface area contributed by atoms with E-state index in [-0.39, 0.29) is 11.4 Å². The quantitative estimate of drug-likeness (QED) is 0.318. The lowest BCUT2D eigenvalue weighted by molar-refractivity contribution is -0.129. The van der Waals surface area contributed by atoms with Gasteiger partial charge in [0.05, 0.1) is 5.69 Å². The molecule has 15 heavy (non-hydrogen) atoms. The second kappa shape index (κ2) is 5.06. The lowest BCUT2D eigenvalue weighted by Gasteiger charge is -2.20. The van der Waals surface area contributed by atoms with E-state index in [2.05, 4.69) is 17.6 Å². The highest BCUT2D eigenvalue weighted by Crippen LogP contribution is 2.10. The summed E-state index contributed by atoms with van der Waals surface area (Å²) < 4.78 is 0. The number of carbonyl (C=O) groups excluding carboxylic acids is 2. The molecule has 0 atom stereocenters. The Hall–Kier alpha value is -1.95. The molecule has 0 aliphatic heterocycles. The average Bonchev–Trinajstić information content (AvgIpc) is 2.26. The van der Waals surface area contributed by atoms with E-state index in [4.69, 9.17) is 5.73 Å². The molecule has 0 saturated heterocycles. The Morgan fingerprint density at radius 2 is 2.00 bits per heavy atom. The minimum Gasteiger partial charge on any atom is -0.375 e. The summed E-state index contributed by atoms with van der Waals surface area (Å²) in [4.78, 5) is 21.6. The predicted octanol–water partition coefficient (Wildman–Crippen LogP) is -0.0333. The molecule has 0 heterocycles. The van der Waals surface area contributed by atoms with E-state index >= 15 is 0 Å². The normalized spacial score (nSPS) is 9.07. The fraction of sp³-hybridized carbons (Fsp3) is 0. The van der Waals surface area contributed by atoms with Gasteiger partial charge >= 0.3 is 5.91 Å². The molecule has 6 heteroatoms. The van der Waals surface area contributed by atoms with Crippen molar-refractivity contribution >= 4 is 35.2 Å². The zero-order chi connectivity index (χ0) is 11.3. The second-order valence-electron chi connectivity index (χ2n) is 2.60. The number of rotatable bonds is 2. The van der Waals surface area contributed by atoms with Crippen molar-refractivity contribution in [3.05, 3.63) is 30.3 Å². The van der Waals surface area contributed by atoms with Crippen LogP contribution in [0.5, 0.6) is 0 Å². The van der Waals surface area contributed by atoms with Gasteiger partial charge in [0.2, 0.25) is 6.29 Å². The van der Waals surface area contributed by atoms with Crippen molar-refractivity contribution in [2.45, 2.75) is 0 Å². The molecule has 78 valence electrons. The van der Waals surface area contributed by atoms with Gasteiger partial charge in [-0.1, -0.05) is 18.2 Å². The second-order valence-corrected chi connectivity index (χ2v) is 3.04. The number of hydrogen-bond donors (Lipinski definition) is 2. The summed E-state index contributed by atoms with van der Waals surface area (Å²) in [6, 6.07) is 8.52. The number of thiocarbonyl (C=S) groups is 1. The van der Waals surface area contributed by atoms with Crippen molar-refractivity contribution in [3.8, 4) is 0 Å². The van der Waals surface area contributed by atoms with Crippen LogP contribution in [-0.4, -0.2) is 17.3 Å². The molecule has 1 amide bonds. The summed E-state index contributed by atoms with van der Waals surface area (Å²) in [5, 5.41) is 0.893. The third-order valence-corrected chi connectivity index (χ3v) is 1.65. The Bertz CT molecular complexity index is 380. The number of amides is 1. The van der Waals surface area contributed by atoms with Crippen molar-refractivity contribution in [2.24, 2.45) is 5.73 Å². The minimum absolute atomic E-state index is 0.0888. The number of nitrogens with one attached hydrogen (secondary N) is 1. The van der Waals surface area contributed by atoms with E-state index in [1.807, 2.05) is 0 Å². The van der Waals surface area contributed by atoms with Gasteiger partial charge in [-0.3, -0.25) is 15.0 Å². The highest BCUT2D eigenvalue weighted by molar-refractivity contribution is 7.80. The first kappa shape index (κ1) is 11.1. The highest BCUT2D eigenvalue weighted by atomic mass is 32.1. The third kappa shape index (κ3) is 3.03. The zero-order valence-corrected chi connectivity index (χ0v) is 8.53. The van der Waals surface area contributed by atoms with Crippen LogP contribution in [0.15, 0.2) is 30.3 Å². The molecule has 0 aromatic heterocycles. The first-order valence-electron chi connectivity index (χ1n) is 4.05. The number of nitrogens with two attached hydrogens (primary N) is 1. The summed E-state index contributed by atoms with van der Waals surface area (Å²) in [6.45, 7) is 0. The number of nitrogens with zero attached hydrogens (tertiary/aromatic N) is 1. The van der Waals surface area contributed by atoms with Gasteiger partial charge in [0.15, 0.2) is 5.11 Å². The van der Waals surface area contributed by atoms with Crippen molar-refractivity contribution < 1.29 is 9.59 Å². The van der Waals surface area contributed by atoms with Gasteiger partial charge < -0.3 is 5.73 Å². The van der Waals surface area contributed by atoms with E-state index < -0.39 is 5.91 Å². The van der Waals surface area contributed by atoms with Crippen LogP contribution in [0.25, 0.3) is 0 Å². The van der Waals surface area contributed by atoms with Crippen LogP contribution in [0.2, 0.25) is 0 Å². The molecule has 0 unspecified atom stereocenters. The van der Waals surface area contributed by atoms with Gasteiger partial charge in [-0.05, 0) is 24.4 Å². The number of hydrazine groups is 1. The van der Waals surface area contributed by atoms with Gasteiger partial charge in [0.25, 0.3) is 0 Å². The van der Waals surface area contributed by atoms with Crippen LogP contribution in [0.4, 0.5) is 5.69 Å². The lowest BCUT2D eigenvalue weighted by atomic mass is 10.3. The number of aldehydes is 1. The average molecular weight is 223 g/mol. The van der Waals surface area contributed by atoms with Crippen molar-refractivity contribution in [2.75, 3.05) is 5.01 Å². The van der Waals surface area contributed by atoms with E-state index in [0.29, 0.717) is 5.69 Å². The van der Waals surface area contributed by atoms with Crippen molar-refractivity contribution in [1.29, 1.82) is 0 Å². The molecule has 0 aliphatic carbocycles. The van der Waals surface area contributed by atoms with E-state index in [1.54, 1.807) is 30.3 Å². The molecule has 0 radical (unpaired) electrons. The molecule has 0 spiro atoms. The number of anilines is 1. The number of benzene rings is 1. The number of carbonyl (C=O) groups is 2. The molecule has 1 aromatic rings. The summed E-state index contributed by atoms with van der Waals surface area (Å²) in [5.74, 6) is -0.769. The minimum atomic E-state index is -0.769. The Balaban J connectivity index is 2.96. The molecule has 3 N–H and O–H groups in total. The SMILES string of the molecule is NC(=S)NN(C(=O)C=O)c1ccccc1. The molecular weight excluding hydrogens is 214 g/mol. The van der Waals surface area contributed by atoms with Crippen LogP contribution in [0, 0.1) is 0 Å².